The van der Waals surface area contributed by atoms with Gasteiger partial charge in [0.05, 0.1) is 17.3 Å². The monoisotopic (exact) mass is 346 g/mol. The first-order chi connectivity index (χ1) is 9.64. The fourth-order valence-electron chi connectivity index (χ4n) is 2.90. The Bertz CT molecular complexity index is 407. The smallest absolute Gasteiger partial charge is 0.153 e. The standard InChI is InChI=1S/C13H23BrN4O2/c1-4-15-11(10-12(14)16-17-18(10)3)13(20-5-2)6-8-19-9-7-13/h11,15H,4-9H2,1-3H3. The molecular weight excluding hydrogens is 324 g/mol. The minimum Gasteiger partial charge on any atom is -0.381 e. The molecule has 114 valence electrons. The van der Waals surface area contributed by atoms with Gasteiger partial charge in [-0.3, -0.25) is 0 Å². The van der Waals surface area contributed by atoms with Crippen LogP contribution in [0.15, 0.2) is 4.60 Å². The summed E-state index contributed by atoms with van der Waals surface area (Å²) in [6.07, 6.45) is 1.74. The molecule has 0 spiro atoms. The first-order valence-electron chi connectivity index (χ1n) is 7.14. The van der Waals surface area contributed by atoms with E-state index >= 15 is 0 Å². The number of rotatable bonds is 6. The van der Waals surface area contributed by atoms with Crippen molar-refractivity contribution in [2.24, 2.45) is 7.05 Å². The number of nitrogens with zero attached hydrogens (tertiary/aromatic N) is 3. The maximum absolute atomic E-state index is 6.19. The number of nitrogens with one attached hydrogen (secondary N) is 1. The van der Waals surface area contributed by atoms with E-state index in [1.54, 1.807) is 0 Å². The molecule has 1 saturated heterocycles. The Kier molecular flexibility index (Phi) is 5.54. The second kappa shape index (κ2) is 6.98. The van der Waals surface area contributed by atoms with E-state index in [0.717, 1.165) is 42.9 Å². The molecule has 1 aromatic rings. The van der Waals surface area contributed by atoms with Gasteiger partial charge in [-0.2, -0.15) is 0 Å². The van der Waals surface area contributed by atoms with Gasteiger partial charge in [-0.05, 0) is 29.4 Å². The summed E-state index contributed by atoms with van der Waals surface area (Å²) in [5.41, 5.74) is 0.767. The van der Waals surface area contributed by atoms with E-state index in [-0.39, 0.29) is 11.6 Å². The largest absolute Gasteiger partial charge is 0.381 e. The molecule has 0 saturated carbocycles. The van der Waals surface area contributed by atoms with Crippen molar-refractivity contribution in [1.29, 1.82) is 0 Å². The van der Waals surface area contributed by atoms with Gasteiger partial charge in [-0.25, -0.2) is 4.68 Å². The Labute approximate surface area is 128 Å². The number of halogens is 1. The molecule has 6 nitrogen and oxygen atoms in total. The van der Waals surface area contributed by atoms with Gasteiger partial charge in [0.25, 0.3) is 0 Å². The molecule has 1 aliphatic rings. The molecule has 0 radical (unpaired) electrons. The van der Waals surface area contributed by atoms with Gasteiger partial charge < -0.3 is 14.8 Å². The average molecular weight is 347 g/mol. The maximum atomic E-state index is 6.19. The summed E-state index contributed by atoms with van der Waals surface area (Å²) in [5, 5.41) is 11.8. The Morgan fingerprint density at radius 2 is 2.15 bits per heavy atom. The highest BCUT2D eigenvalue weighted by Gasteiger charge is 2.44. The van der Waals surface area contributed by atoms with E-state index in [2.05, 4.69) is 38.5 Å². The van der Waals surface area contributed by atoms with Crippen molar-refractivity contribution in [2.75, 3.05) is 26.4 Å². The lowest BCUT2D eigenvalue weighted by molar-refractivity contribution is -0.129. The van der Waals surface area contributed by atoms with Crippen LogP contribution in [-0.4, -0.2) is 47.0 Å². The molecule has 1 atom stereocenters. The Balaban J connectivity index is 2.38. The van der Waals surface area contributed by atoms with Crippen LogP contribution in [0.2, 0.25) is 0 Å². The van der Waals surface area contributed by atoms with Crippen molar-refractivity contribution in [2.45, 2.75) is 38.3 Å². The third-order valence-corrected chi connectivity index (χ3v) is 4.37. The predicted octanol–water partition coefficient (Wildman–Crippen LogP) is 1.81. The zero-order valence-electron chi connectivity index (χ0n) is 12.4. The van der Waals surface area contributed by atoms with Crippen LogP contribution < -0.4 is 5.32 Å². The maximum Gasteiger partial charge on any atom is 0.153 e. The van der Waals surface area contributed by atoms with Gasteiger partial charge in [-0.15, -0.1) is 5.10 Å². The fraction of sp³-hybridized carbons (Fsp3) is 0.846. The minimum atomic E-state index is -0.263. The molecule has 1 unspecified atom stereocenters. The normalized spacial score (nSPS) is 20.0. The second-order valence-corrected chi connectivity index (χ2v) is 5.74. The molecule has 7 heteroatoms. The minimum absolute atomic E-state index is 0.0470. The van der Waals surface area contributed by atoms with Crippen molar-refractivity contribution in [3.8, 4) is 0 Å². The van der Waals surface area contributed by atoms with Crippen LogP contribution in [0.4, 0.5) is 0 Å². The third-order valence-electron chi connectivity index (χ3n) is 3.81. The van der Waals surface area contributed by atoms with E-state index in [0.29, 0.717) is 6.61 Å². The zero-order chi connectivity index (χ0) is 14.6. The zero-order valence-corrected chi connectivity index (χ0v) is 13.9. The van der Waals surface area contributed by atoms with Gasteiger partial charge in [0, 0.05) is 39.7 Å². The molecule has 1 aliphatic heterocycles. The summed E-state index contributed by atoms with van der Waals surface area (Å²) in [7, 11) is 1.91. The highest BCUT2D eigenvalue weighted by molar-refractivity contribution is 9.10. The summed E-state index contributed by atoms with van der Waals surface area (Å²) >= 11 is 3.51. The second-order valence-electron chi connectivity index (χ2n) is 4.99. The number of hydrogen-bond acceptors (Lipinski definition) is 5. The fourth-order valence-corrected chi connectivity index (χ4v) is 3.46. The average Bonchev–Trinajstić information content (AvgIpc) is 2.77. The van der Waals surface area contributed by atoms with Crippen LogP contribution in [-0.2, 0) is 16.5 Å². The van der Waals surface area contributed by atoms with Gasteiger partial charge in [0.2, 0.25) is 0 Å². The highest BCUT2D eigenvalue weighted by atomic mass is 79.9. The highest BCUT2D eigenvalue weighted by Crippen LogP contribution is 2.39. The lowest BCUT2D eigenvalue weighted by Crippen LogP contribution is -2.50. The summed E-state index contributed by atoms with van der Waals surface area (Å²) in [6.45, 7) is 7.14. The van der Waals surface area contributed by atoms with Crippen molar-refractivity contribution < 1.29 is 9.47 Å². The van der Waals surface area contributed by atoms with Crippen LogP contribution in [0.5, 0.6) is 0 Å². The SMILES string of the molecule is CCNC(c1c(Br)nnn1C)C1(OCC)CCOCC1. The molecule has 0 bridgehead atoms. The van der Waals surface area contributed by atoms with E-state index < -0.39 is 0 Å². The van der Waals surface area contributed by atoms with Crippen LogP contribution in [0.3, 0.4) is 0 Å². The molecule has 0 aromatic carbocycles. The van der Waals surface area contributed by atoms with Crippen LogP contribution >= 0.6 is 15.9 Å². The number of hydrogen-bond donors (Lipinski definition) is 1. The number of ether oxygens (including phenoxy) is 2. The van der Waals surface area contributed by atoms with Gasteiger partial charge in [-0.1, -0.05) is 12.1 Å². The van der Waals surface area contributed by atoms with E-state index in [9.17, 15) is 0 Å². The lowest BCUT2D eigenvalue weighted by Gasteiger charge is -2.43. The molecule has 1 fully saturated rings. The van der Waals surface area contributed by atoms with Gasteiger partial charge in [0.1, 0.15) is 0 Å². The molecular formula is C13H23BrN4O2. The predicted molar refractivity (Wildman–Crippen MR) is 79.5 cm³/mol. The van der Waals surface area contributed by atoms with Crippen molar-refractivity contribution in [1.82, 2.24) is 20.3 Å². The van der Waals surface area contributed by atoms with Crippen LogP contribution in [0, 0.1) is 0 Å². The summed E-state index contributed by atoms with van der Waals surface area (Å²) < 4.78 is 14.3. The quantitative estimate of drug-likeness (QED) is 0.851. The summed E-state index contributed by atoms with van der Waals surface area (Å²) in [6, 6.07) is 0.0470. The van der Waals surface area contributed by atoms with E-state index in [4.69, 9.17) is 9.47 Å². The molecule has 0 aliphatic carbocycles. The number of aromatic nitrogens is 3. The topological polar surface area (TPSA) is 61.2 Å². The molecule has 1 N–H and O–H groups in total. The van der Waals surface area contributed by atoms with Crippen LogP contribution in [0.25, 0.3) is 0 Å². The first-order valence-corrected chi connectivity index (χ1v) is 7.94. The van der Waals surface area contributed by atoms with Crippen LogP contribution in [0.1, 0.15) is 38.4 Å². The van der Waals surface area contributed by atoms with Gasteiger partial charge in [0.15, 0.2) is 4.60 Å². The molecule has 0 amide bonds. The Morgan fingerprint density at radius 3 is 2.65 bits per heavy atom. The molecule has 2 rings (SSSR count). The first kappa shape index (κ1) is 15.9. The Morgan fingerprint density at radius 1 is 1.45 bits per heavy atom. The van der Waals surface area contributed by atoms with E-state index in [1.807, 2.05) is 18.7 Å². The molecule has 1 aromatic heterocycles. The summed E-state index contributed by atoms with van der Waals surface area (Å²) in [5.74, 6) is 0. The third kappa shape index (κ3) is 3.05. The molecule has 2 heterocycles. The van der Waals surface area contributed by atoms with Gasteiger partial charge >= 0.3 is 0 Å². The number of aryl methyl sites for hydroxylation is 1. The number of likely N-dealkylation sites (N-methyl/N-ethyl adjacent to an activating group) is 1. The van der Waals surface area contributed by atoms with Crippen molar-refractivity contribution in [3.05, 3.63) is 10.3 Å². The summed E-state index contributed by atoms with van der Waals surface area (Å²) in [4.78, 5) is 0. The van der Waals surface area contributed by atoms with E-state index in [1.165, 1.54) is 0 Å². The Hall–Kier alpha value is -0.500. The molecule has 20 heavy (non-hydrogen) atoms. The van der Waals surface area contributed by atoms with Crippen molar-refractivity contribution in [3.63, 3.8) is 0 Å². The van der Waals surface area contributed by atoms with Crippen molar-refractivity contribution >= 4 is 15.9 Å². The lowest BCUT2D eigenvalue weighted by atomic mass is 9.84.